The molecule has 0 saturated carbocycles. The second-order valence-electron chi connectivity index (χ2n) is 4.78. The molecule has 6 nitrogen and oxygen atoms in total. The molecule has 1 N–H and O–H groups in total. The number of rotatable bonds is 4. The molecule has 1 aromatic carbocycles. The first-order valence-corrected chi connectivity index (χ1v) is 6.46. The highest BCUT2D eigenvalue weighted by Gasteiger charge is 2.30. The third kappa shape index (κ3) is 3.55. The lowest BCUT2D eigenvalue weighted by atomic mass is 10.2. The van der Waals surface area contributed by atoms with Crippen LogP contribution in [0.15, 0.2) is 30.3 Å². The number of carboxylic acid groups (broad SMARTS) is 1. The van der Waals surface area contributed by atoms with Crippen LogP contribution in [0.1, 0.15) is 0 Å². The highest BCUT2D eigenvalue weighted by atomic mass is 16.5. The number of carbonyl (C=O) groups excluding carboxylic acids is 1. The van der Waals surface area contributed by atoms with Gasteiger partial charge in [0.1, 0.15) is 12.6 Å². The molecule has 1 aromatic rings. The van der Waals surface area contributed by atoms with E-state index < -0.39 is 12.1 Å². The number of benzene rings is 1. The quantitative estimate of drug-likeness (QED) is 0.865. The summed E-state index contributed by atoms with van der Waals surface area (Å²) in [6.45, 7) is 1.35. The van der Waals surface area contributed by atoms with Crippen LogP contribution in [0.3, 0.4) is 0 Å². The van der Waals surface area contributed by atoms with E-state index in [-0.39, 0.29) is 12.5 Å². The molecule has 0 aromatic heterocycles. The fraction of sp³-hybridized carbons (Fsp3) is 0.429. The highest BCUT2D eigenvalue weighted by Crippen LogP contribution is 2.16. The Morgan fingerprint density at radius 3 is 2.70 bits per heavy atom. The van der Waals surface area contributed by atoms with Gasteiger partial charge in [-0.15, -0.1) is 0 Å². The van der Waals surface area contributed by atoms with Gasteiger partial charge in [0, 0.05) is 18.8 Å². The van der Waals surface area contributed by atoms with Crippen molar-refractivity contribution < 1.29 is 19.4 Å². The number of amides is 1. The molecule has 1 heterocycles. The molecular weight excluding hydrogens is 260 g/mol. The average molecular weight is 278 g/mol. The second-order valence-corrected chi connectivity index (χ2v) is 4.78. The zero-order valence-electron chi connectivity index (χ0n) is 11.4. The summed E-state index contributed by atoms with van der Waals surface area (Å²) in [7, 11) is 1.91. The summed E-state index contributed by atoms with van der Waals surface area (Å²) < 4.78 is 5.47. The number of carboxylic acids is 1. The van der Waals surface area contributed by atoms with Crippen molar-refractivity contribution in [2.24, 2.45) is 0 Å². The maximum absolute atomic E-state index is 12.5. The first-order valence-electron chi connectivity index (χ1n) is 6.46. The molecule has 1 aliphatic heterocycles. The van der Waals surface area contributed by atoms with Crippen LogP contribution in [-0.2, 0) is 14.3 Å². The Kier molecular flexibility index (Phi) is 4.70. The van der Waals surface area contributed by atoms with Gasteiger partial charge < -0.3 is 14.7 Å². The molecule has 6 heteroatoms. The fourth-order valence-electron chi connectivity index (χ4n) is 2.14. The SMILES string of the molecule is CN1CCOC(C(=O)N(CC(=O)O)c2ccccc2)C1. The van der Waals surface area contributed by atoms with Crippen LogP contribution >= 0.6 is 0 Å². The van der Waals surface area contributed by atoms with E-state index in [0.717, 1.165) is 6.54 Å². The molecule has 1 atom stereocenters. The maximum atomic E-state index is 12.5. The van der Waals surface area contributed by atoms with Crippen molar-refractivity contribution in [1.82, 2.24) is 4.90 Å². The highest BCUT2D eigenvalue weighted by molar-refractivity contribution is 6.00. The Balaban J connectivity index is 2.18. The number of ether oxygens (including phenoxy) is 1. The molecule has 108 valence electrons. The van der Waals surface area contributed by atoms with Gasteiger partial charge in [0.05, 0.1) is 6.61 Å². The van der Waals surface area contributed by atoms with Crippen LogP contribution < -0.4 is 4.90 Å². The minimum Gasteiger partial charge on any atom is -0.480 e. The number of nitrogens with zero attached hydrogens (tertiary/aromatic N) is 2. The Morgan fingerprint density at radius 1 is 1.40 bits per heavy atom. The molecule has 1 saturated heterocycles. The largest absolute Gasteiger partial charge is 0.480 e. The van der Waals surface area contributed by atoms with Gasteiger partial charge in [-0.2, -0.15) is 0 Å². The summed E-state index contributed by atoms with van der Waals surface area (Å²) in [6.07, 6.45) is -0.617. The van der Waals surface area contributed by atoms with E-state index in [4.69, 9.17) is 9.84 Å². The van der Waals surface area contributed by atoms with Gasteiger partial charge >= 0.3 is 5.97 Å². The number of para-hydroxylation sites is 1. The van der Waals surface area contributed by atoms with E-state index in [1.807, 2.05) is 18.0 Å². The molecule has 0 spiro atoms. The van der Waals surface area contributed by atoms with E-state index in [1.54, 1.807) is 24.3 Å². The van der Waals surface area contributed by atoms with Crippen LogP contribution in [-0.4, -0.2) is 61.3 Å². The molecule has 0 aliphatic carbocycles. The lowest BCUT2D eigenvalue weighted by Gasteiger charge is -2.32. The van der Waals surface area contributed by atoms with Crippen LogP contribution in [0.25, 0.3) is 0 Å². The van der Waals surface area contributed by atoms with Crippen molar-refractivity contribution in [3.05, 3.63) is 30.3 Å². The molecule has 0 bridgehead atoms. The first-order chi connectivity index (χ1) is 9.58. The summed E-state index contributed by atoms with van der Waals surface area (Å²) in [6, 6.07) is 8.79. The van der Waals surface area contributed by atoms with E-state index in [1.165, 1.54) is 4.90 Å². The number of hydrogen-bond donors (Lipinski definition) is 1. The summed E-state index contributed by atoms with van der Waals surface area (Å²) >= 11 is 0. The van der Waals surface area contributed by atoms with E-state index in [2.05, 4.69) is 0 Å². The normalized spacial score (nSPS) is 19.6. The van der Waals surface area contributed by atoms with Crippen molar-refractivity contribution in [1.29, 1.82) is 0 Å². The minimum absolute atomic E-state index is 0.315. The van der Waals surface area contributed by atoms with Gasteiger partial charge in [0.25, 0.3) is 5.91 Å². The smallest absolute Gasteiger partial charge is 0.323 e. The van der Waals surface area contributed by atoms with Crippen molar-refractivity contribution in [2.45, 2.75) is 6.10 Å². The molecular formula is C14H18N2O4. The molecule has 1 aliphatic rings. The predicted octanol–water partition coefficient (Wildman–Crippen LogP) is 0.435. The van der Waals surface area contributed by atoms with Crippen LogP contribution in [0.4, 0.5) is 5.69 Å². The monoisotopic (exact) mass is 278 g/mol. The van der Waals surface area contributed by atoms with Crippen molar-refractivity contribution in [2.75, 3.05) is 38.2 Å². The summed E-state index contributed by atoms with van der Waals surface area (Å²) in [4.78, 5) is 26.7. The average Bonchev–Trinajstić information content (AvgIpc) is 2.45. The summed E-state index contributed by atoms with van der Waals surface area (Å²) in [5.41, 5.74) is 0.566. The number of carbonyl (C=O) groups is 2. The standard InChI is InChI=1S/C14H18N2O4/c1-15-7-8-20-12(9-15)14(19)16(10-13(17)18)11-5-3-2-4-6-11/h2-6,12H,7-10H2,1H3,(H,17,18). The lowest BCUT2D eigenvalue weighted by molar-refractivity contribution is -0.140. The second kappa shape index (κ2) is 6.49. The number of morpholine rings is 1. The predicted molar refractivity (Wildman–Crippen MR) is 73.7 cm³/mol. The van der Waals surface area contributed by atoms with Crippen LogP contribution in [0.2, 0.25) is 0 Å². The zero-order valence-corrected chi connectivity index (χ0v) is 11.4. The minimum atomic E-state index is -1.05. The van der Waals surface area contributed by atoms with E-state index >= 15 is 0 Å². The Hall–Kier alpha value is -1.92. The van der Waals surface area contributed by atoms with E-state index in [0.29, 0.717) is 18.8 Å². The number of hydrogen-bond acceptors (Lipinski definition) is 4. The van der Waals surface area contributed by atoms with Crippen molar-refractivity contribution in [3.63, 3.8) is 0 Å². The van der Waals surface area contributed by atoms with E-state index in [9.17, 15) is 9.59 Å². The first kappa shape index (κ1) is 14.5. The van der Waals surface area contributed by atoms with Gasteiger partial charge in [-0.25, -0.2) is 0 Å². The maximum Gasteiger partial charge on any atom is 0.323 e. The van der Waals surface area contributed by atoms with Crippen LogP contribution in [0, 0.1) is 0 Å². The van der Waals surface area contributed by atoms with Crippen molar-refractivity contribution >= 4 is 17.6 Å². The summed E-state index contributed by atoms with van der Waals surface area (Å²) in [5, 5.41) is 9.00. The van der Waals surface area contributed by atoms with Gasteiger partial charge in [-0.05, 0) is 19.2 Å². The summed E-state index contributed by atoms with van der Waals surface area (Å²) in [5.74, 6) is -1.36. The third-order valence-electron chi connectivity index (χ3n) is 3.17. The number of likely N-dealkylation sites (N-methyl/N-ethyl adjacent to an activating group) is 1. The molecule has 1 fully saturated rings. The topological polar surface area (TPSA) is 70.1 Å². The third-order valence-corrected chi connectivity index (χ3v) is 3.17. The lowest BCUT2D eigenvalue weighted by Crippen LogP contribution is -2.51. The molecule has 20 heavy (non-hydrogen) atoms. The molecule has 2 rings (SSSR count). The van der Waals surface area contributed by atoms with Gasteiger partial charge in [0.15, 0.2) is 0 Å². The number of anilines is 1. The fourth-order valence-corrected chi connectivity index (χ4v) is 2.14. The number of aliphatic carboxylic acids is 1. The molecule has 0 radical (unpaired) electrons. The molecule has 1 unspecified atom stereocenters. The van der Waals surface area contributed by atoms with Gasteiger partial charge in [-0.1, -0.05) is 18.2 Å². The van der Waals surface area contributed by atoms with Crippen molar-refractivity contribution in [3.8, 4) is 0 Å². The zero-order chi connectivity index (χ0) is 14.5. The Labute approximate surface area is 117 Å². The Bertz CT molecular complexity index is 477. The van der Waals surface area contributed by atoms with Gasteiger partial charge in [0.2, 0.25) is 0 Å². The van der Waals surface area contributed by atoms with Crippen LogP contribution in [0.5, 0.6) is 0 Å². The van der Waals surface area contributed by atoms with Gasteiger partial charge in [-0.3, -0.25) is 14.5 Å². The molecule has 1 amide bonds. The Morgan fingerprint density at radius 2 is 2.10 bits per heavy atom.